The molecule has 0 unspecified atom stereocenters. The molecule has 0 aromatic heterocycles. The predicted octanol–water partition coefficient (Wildman–Crippen LogP) is 3.67. The summed E-state index contributed by atoms with van der Waals surface area (Å²) in [6.45, 7) is 3.42. The molecule has 0 bridgehead atoms. The van der Waals surface area contributed by atoms with Gasteiger partial charge in [0.2, 0.25) is 0 Å². The Bertz CT molecular complexity index is 431. The second-order valence-electron chi connectivity index (χ2n) is 3.94. The minimum absolute atomic E-state index is 0.227. The second-order valence-corrected chi connectivity index (χ2v) is 3.94. The van der Waals surface area contributed by atoms with Gasteiger partial charge in [0, 0.05) is 6.08 Å². The van der Waals surface area contributed by atoms with E-state index in [1.54, 1.807) is 13.8 Å². The maximum atomic E-state index is 12.3. The molecule has 5 heteroatoms. The highest BCUT2D eigenvalue weighted by Crippen LogP contribution is 2.29. The van der Waals surface area contributed by atoms with Crippen LogP contribution >= 0.6 is 0 Å². The summed E-state index contributed by atoms with van der Waals surface area (Å²) in [5, 5.41) is 0. The molecular formula is C13H13F3O2. The molecular weight excluding hydrogens is 245 g/mol. The summed E-state index contributed by atoms with van der Waals surface area (Å²) in [4.78, 5) is 11.2. The SMILES string of the molecule is CC(C)OC(=O)/C=C/c1ccc(C(F)(F)F)cc1. The Balaban J connectivity index is 2.70. The average molecular weight is 258 g/mol. The van der Waals surface area contributed by atoms with Crippen molar-refractivity contribution in [3.05, 3.63) is 41.5 Å². The lowest BCUT2D eigenvalue weighted by Crippen LogP contribution is -2.08. The highest BCUT2D eigenvalue weighted by atomic mass is 19.4. The zero-order valence-corrected chi connectivity index (χ0v) is 9.99. The minimum atomic E-state index is -4.35. The van der Waals surface area contributed by atoms with Crippen LogP contribution in [0, 0.1) is 0 Å². The van der Waals surface area contributed by atoms with E-state index < -0.39 is 17.7 Å². The summed E-state index contributed by atoms with van der Waals surface area (Å²) < 4.78 is 41.7. The first kappa shape index (κ1) is 14.3. The first-order chi connectivity index (χ1) is 8.29. The Morgan fingerprint density at radius 2 is 1.78 bits per heavy atom. The summed E-state index contributed by atoms with van der Waals surface area (Å²) in [6.07, 6.45) is -1.98. The van der Waals surface area contributed by atoms with Gasteiger partial charge in [0.25, 0.3) is 0 Å². The molecule has 0 heterocycles. The van der Waals surface area contributed by atoms with E-state index in [-0.39, 0.29) is 6.10 Å². The van der Waals surface area contributed by atoms with Gasteiger partial charge in [-0.25, -0.2) is 4.79 Å². The highest BCUT2D eigenvalue weighted by molar-refractivity contribution is 5.87. The largest absolute Gasteiger partial charge is 0.460 e. The smallest absolute Gasteiger partial charge is 0.416 e. The molecule has 1 aromatic carbocycles. The number of ether oxygens (including phenoxy) is 1. The van der Waals surface area contributed by atoms with Gasteiger partial charge in [0.1, 0.15) is 0 Å². The van der Waals surface area contributed by atoms with Crippen molar-refractivity contribution >= 4 is 12.0 Å². The Morgan fingerprint density at radius 1 is 1.22 bits per heavy atom. The maximum absolute atomic E-state index is 12.3. The fourth-order valence-corrected chi connectivity index (χ4v) is 1.22. The Kier molecular flexibility index (Phi) is 4.53. The molecule has 0 amide bonds. The highest BCUT2D eigenvalue weighted by Gasteiger charge is 2.29. The lowest BCUT2D eigenvalue weighted by molar-refractivity contribution is -0.141. The molecule has 2 nitrogen and oxygen atoms in total. The van der Waals surface area contributed by atoms with Crippen LogP contribution in [-0.2, 0) is 15.7 Å². The molecule has 1 rings (SSSR count). The van der Waals surface area contributed by atoms with Gasteiger partial charge >= 0.3 is 12.1 Å². The van der Waals surface area contributed by atoms with Crippen molar-refractivity contribution in [1.82, 2.24) is 0 Å². The van der Waals surface area contributed by atoms with Crippen LogP contribution in [0.2, 0.25) is 0 Å². The van der Waals surface area contributed by atoms with Gasteiger partial charge in [0.15, 0.2) is 0 Å². The van der Waals surface area contributed by atoms with Crippen molar-refractivity contribution < 1.29 is 22.7 Å². The standard InChI is InChI=1S/C13H13F3O2/c1-9(2)18-12(17)8-5-10-3-6-11(7-4-10)13(14,15)16/h3-9H,1-2H3/b8-5+. The second kappa shape index (κ2) is 5.71. The van der Waals surface area contributed by atoms with Gasteiger partial charge in [-0.1, -0.05) is 12.1 Å². The number of rotatable bonds is 3. The summed E-state index contributed by atoms with van der Waals surface area (Å²) in [6, 6.07) is 4.52. The molecule has 0 atom stereocenters. The molecule has 1 aromatic rings. The number of hydrogen-bond acceptors (Lipinski definition) is 2. The summed E-state index contributed by atoms with van der Waals surface area (Å²) in [7, 11) is 0. The molecule has 0 radical (unpaired) electrons. The first-order valence-corrected chi connectivity index (χ1v) is 5.35. The topological polar surface area (TPSA) is 26.3 Å². The third-order valence-corrected chi connectivity index (χ3v) is 2.00. The number of alkyl halides is 3. The molecule has 18 heavy (non-hydrogen) atoms. The number of hydrogen-bond donors (Lipinski definition) is 0. The van der Waals surface area contributed by atoms with Crippen LogP contribution in [0.5, 0.6) is 0 Å². The van der Waals surface area contributed by atoms with Gasteiger partial charge in [-0.3, -0.25) is 0 Å². The number of carbonyl (C=O) groups excluding carboxylic acids is 1. The normalized spacial score (nSPS) is 12.1. The maximum Gasteiger partial charge on any atom is 0.416 e. The van der Waals surface area contributed by atoms with Crippen molar-refractivity contribution in [2.45, 2.75) is 26.1 Å². The summed E-state index contributed by atoms with van der Waals surface area (Å²) >= 11 is 0. The third kappa shape index (κ3) is 4.61. The van der Waals surface area contributed by atoms with Crippen molar-refractivity contribution in [2.75, 3.05) is 0 Å². The number of esters is 1. The van der Waals surface area contributed by atoms with Crippen LogP contribution in [-0.4, -0.2) is 12.1 Å². The van der Waals surface area contributed by atoms with Crippen LogP contribution < -0.4 is 0 Å². The molecule has 98 valence electrons. The van der Waals surface area contributed by atoms with Gasteiger partial charge in [0.05, 0.1) is 11.7 Å². The molecule has 0 aliphatic rings. The van der Waals surface area contributed by atoms with E-state index >= 15 is 0 Å². The van der Waals surface area contributed by atoms with E-state index in [1.165, 1.54) is 24.3 Å². The fourth-order valence-electron chi connectivity index (χ4n) is 1.22. The van der Waals surface area contributed by atoms with Crippen molar-refractivity contribution in [3.63, 3.8) is 0 Å². The molecule has 0 spiro atoms. The van der Waals surface area contributed by atoms with Crippen LogP contribution in [0.1, 0.15) is 25.0 Å². The fraction of sp³-hybridized carbons (Fsp3) is 0.308. The van der Waals surface area contributed by atoms with E-state index in [2.05, 4.69) is 0 Å². The molecule has 0 aliphatic carbocycles. The number of carbonyl (C=O) groups is 1. The molecule has 0 N–H and O–H groups in total. The Morgan fingerprint density at radius 3 is 2.22 bits per heavy atom. The number of halogens is 3. The quantitative estimate of drug-likeness (QED) is 0.610. The monoisotopic (exact) mass is 258 g/mol. The van der Waals surface area contributed by atoms with Crippen LogP contribution in [0.15, 0.2) is 30.3 Å². The minimum Gasteiger partial charge on any atom is -0.460 e. The molecule has 0 saturated carbocycles. The Hall–Kier alpha value is -1.78. The van der Waals surface area contributed by atoms with Crippen LogP contribution in [0.25, 0.3) is 6.08 Å². The van der Waals surface area contributed by atoms with Gasteiger partial charge in [-0.15, -0.1) is 0 Å². The third-order valence-electron chi connectivity index (χ3n) is 2.00. The van der Waals surface area contributed by atoms with Gasteiger partial charge in [-0.2, -0.15) is 13.2 Å². The summed E-state index contributed by atoms with van der Waals surface area (Å²) in [5.41, 5.74) is -0.215. The van der Waals surface area contributed by atoms with Gasteiger partial charge in [-0.05, 0) is 37.6 Å². The van der Waals surface area contributed by atoms with E-state index in [4.69, 9.17) is 4.74 Å². The van der Waals surface area contributed by atoms with E-state index in [0.29, 0.717) is 5.56 Å². The Labute approximate surface area is 103 Å². The lowest BCUT2D eigenvalue weighted by atomic mass is 10.1. The zero-order valence-electron chi connectivity index (χ0n) is 9.99. The predicted molar refractivity (Wildman–Crippen MR) is 61.7 cm³/mol. The van der Waals surface area contributed by atoms with E-state index in [0.717, 1.165) is 12.1 Å². The lowest BCUT2D eigenvalue weighted by Gasteiger charge is -2.06. The molecule has 0 aliphatic heterocycles. The first-order valence-electron chi connectivity index (χ1n) is 5.35. The van der Waals surface area contributed by atoms with Gasteiger partial charge < -0.3 is 4.74 Å². The van der Waals surface area contributed by atoms with Crippen molar-refractivity contribution in [1.29, 1.82) is 0 Å². The van der Waals surface area contributed by atoms with Crippen LogP contribution in [0.4, 0.5) is 13.2 Å². The number of benzene rings is 1. The molecule has 0 fully saturated rings. The van der Waals surface area contributed by atoms with Crippen molar-refractivity contribution in [3.8, 4) is 0 Å². The van der Waals surface area contributed by atoms with Crippen molar-refractivity contribution in [2.24, 2.45) is 0 Å². The van der Waals surface area contributed by atoms with E-state index in [1.807, 2.05) is 0 Å². The summed E-state index contributed by atoms with van der Waals surface area (Å²) in [5.74, 6) is -0.523. The van der Waals surface area contributed by atoms with Crippen LogP contribution in [0.3, 0.4) is 0 Å². The van der Waals surface area contributed by atoms with E-state index in [9.17, 15) is 18.0 Å². The zero-order chi connectivity index (χ0) is 13.8. The molecule has 0 saturated heterocycles. The average Bonchev–Trinajstić information content (AvgIpc) is 2.25.